The molecule has 0 radical (unpaired) electrons. The third-order valence-corrected chi connectivity index (χ3v) is 2.71. The first kappa shape index (κ1) is 12.9. The van der Waals surface area contributed by atoms with Crippen molar-refractivity contribution >= 4 is 0 Å². The van der Waals surface area contributed by atoms with Gasteiger partial charge in [-0.25, -0.2) is 0 Å². The zero-order chi connectivity index (χ0) is 10.9. The normalized spacial score (nSPS) is 14.3. The Morgan fingerprint density at radius 1 is 0.692 bits per heavy atom. The Kier molecular flexibility index (Phi) is 3.95. The van der Waals surface area contributed by atoms with Crippen LogP contribution >= 0.6 is 0 Å². The van der Waals surface area contributed by atoms with Gasteiger partial charge in [0.1, 0.15) is 0 Å². The number of hydrogen-bond acceptors (Lipinski definition) is 2. The van der Waals surface area contributed by atoms with E-state index in [2.05, 4.69) is 65.4 Å². The van der Waals surface area contributed by atoms with Crippen LogP contribution in [0.25, 0.3) is 0 Å². The summed E-state index contributed by atoms with van der Waals surface area (Å²) >= 11 is 0. The van der Waals surface area contributed by atoms with Crippen molar-refractivity contribution in [3.05, 3.63) is 0 Å². The third-order valence-electron chi connectivity index (χ3n) is 2.71. The minimum Gasteiger partial charge on any atom is -0.289 e. The van der Waals surface area contributed by atoms with Gasteiger partial charge in [-0.1, -0.05) is 0 Å². The highest BCUT2D eigenvalue weighted by Gasteiger charge is 2.23. The fraction of sp³-hybridized carbons (Fsp3) is 1.00. The van der Waals surface area contributed by atoms with Gasteiger partial charge in [0.05, 0.1) is 6.67 Å². The minimum absolute atomic E-state index is 0.250. The van der Waals surface area contributed by atoms with Crippen LogP contribution in [0, 0.1) is 0 Å². The Bertz CT molecular complexity index is 132. The van der Waals surface area contributed by atoms with Crippen LogP contribution in [0.3, 0.4) is 0 Å². The maximum atomic E-state index is 2.36. The van der Waals surface area contributed by atoms with Gasteiger partial charge in [-0.2, -0.15) is 0 Å². The highest BCUT2D eigenvalue weighted by molar-refractivity contribution is 4.77. The molecule has 0 saturated carbocycles. The molecule has 0 saturated heterocycles. The molecule has 0 bridgehead atoms. The molecular weight excluding hydrogens is 160 g/mol. The average Bonchev–Trinajstić information content (AvgIpc) is 1.82. The van der Waals surface area contributed by atoms with E-state index < -0.39 is 0 Å². The molecule has 0 aromatic heterocycles. The van der Waals surface area contributed by atoms with Gasteiger partial charge in [0.25, 0.3) is 0 Å². The van der Waals surface area contributed by atoms with Crippen LogP contribution in [0.1, 0.15) is 41.5 Å². The molecule has 0 unspecified atom stereocenters. The molecule has 0 rings (SSSR count). The van der Waals surface area contributed by atoms with Crippen molar-refractivity contribution in [2.75, 3.05) is 20.8 Å². The van der Waals surface area contributed by atoms with E-state index in [1.54, 1.807) is 0 Å². The van der Waals surface area contributed by atoms with Crippen molar-refractivity contribution in [2.24, 2.45) is 0 Å². The van der Waals surface area contributed by atoms with Crippen molar-refractivity contribution < 1.29 is 0 Å². The van der Waals surface area contributed by atoms with Crippen LogP contribution < -0.4 is 0 Å². The summed E-state index contributed by atoms with van der Waals surface area (Å²) in [6.07, 6.45) is 0. The topological polar surface area (TPSA) is 6.48 Å². The van der Waals surface area contributed by atoms with Crippen LogP contribution in [0.5, 0.6) is 0 Å². The van der Waals surface area contributed by atoms with Gasteiger partial charge in [0.15, 0.2) is 0 Å². The molecule has 0 aliphatic carbocycles. The lowest BCUT2D eigenvalue weighted by molar-refractivity contribution is 0.0482. The molecule has 0 heterocycles. The Labute approximate surface area is 83.9 Å². The van der Waals surface area contributed by atoms with Crippen molar-refractivity contribution in [2.45, 2.75) is 52.6 Å². The maximum absolute atomic E-state index is 2.36. The summed E-state index contributed by atoms with van der Waals surface area (Å²) in [5.74, 6) is 0. The molecule has 0 aromatic rings. The Balaban J connectivity index is 4.15. The van der Waals surface area contributed by atoms with Crippen molar-refractivity contribution in [3.63, 3.8) is 0 Å². The second-order valence-corrected chi connectivity index (χ2v) is 5.88. The molecule has 0 atom stereocenters. The molecule has 0 amide bonds. The quantitative estimate of drug-likeness (QED) is 0.611. The summed E-state index contributed by atoms with van der Waals surface area (Å²) in [6, 6.07) is 0. The summed E-state index contributed by atoms with van der Waals surface area (Å²) in [7, 11) is 4.34. The van der Waals surface area contributed by atoms with Gasteiger partial charge in [-0.3, -0.25) is 9.80 Å². The highest BCUT2D eigenvalue weighted by atomic mass is 15.3. The van der Waals surface area contributed by atoms with Crippen LogP contribution in [0.4, 0.5) is 0 Å². The Morgan fingerprint density at radius 3 is 1.08 bits per heavy atom. The SMILES string of the molecule is CN(CN(C)C(C)(C)C)C(C)(C)C. The molecule has 0 aliphatic rings. The van der Waals surface area contributed by atoms with Gasteiger partial charge in [0, 0.05) is 11.1 Å². The minimum atomic E-state index is 0.250. The van der Waals surface area contributed by atoms with Crippen LogP contribution in [0.15, 0.2) is 0 Å². The van der Waals surface area contributed by atoms with Crippen LogP contribution in [-0.4, -0.2) is 41.6 Å². The molecule has 0 fully saturated rings. The summed E-state index contributed by atoms with van der Waals surface area (Å²) < 4.78 is 0. The van der Waals surface area contributed by atoms with Crippen LogP contribution in [-0.2, 0) is 0 Å². The zero-order valence-corrected chi connectivity index (χ0v) is 10.6. The van der Waals surface area contributed by atoms with E-state index in [4.69, 9.17) is 0 Å². The van der Waals surface area contributed by atoms with E-state index in [1.807, 2.05) is 0 Å². The maximum Gasteiger partial charge on any atom is 0.0510 e. The smallest absolute Gasteiger partial charge is 0.0510 e. The lowest BCUT2D eigenvalue weighted by atomic mass is 10.1. The predicted octanol–water partition coefficient (Wildman–Crippen LogP) is 2.40. The monoisotopic (exact) mass is 186 g/mol. The van der Waals surface area contributed by atoms with E-state index >= 15 is 0 Å². The number of nitrogens with zero attached hydrogens (tertiary/aromatic N) is 2. The average molecular weight is 186 g/mol. The Hall–Kier alpha value is -0.0800. The summed E-state index contributed by atoms with van der Waals surface area (Å²) in [6.45, 7) is 14.4. The van der Waals surface area contributed by atoms with Crippen LogP contribution in [0.2, 0.25) is 0 Å². The predicted molar refractivity (Wildman–Crippen MR) is 59.9 cm³/mol. The first-order valence-electron chi connectivity index (χ1n) is 4.97. The van der Waals surface area contributed by atoms with Gasteiger partial charge >= 0.3 is 0 Å². The van der Waals surface area contributed by atoms with Gasteiger partial charge < -0.3 is 0 Å². The van der Waals surface area contributed by atoms with E-state index in [1.165, 1.54) is 0 Å². The molecule has 80 valence electrons. The molecule has 13 heavy (non-hydrogen) atoms. The third kappa shape index (κ3) is 4.63. The van der Waals surface area contributed by atoms with Crippen molar-refractivity contribution in [1.29, 1.82) is 0 Å². The lowest BCUT2D eigenvalue weighted by Crippen LogP contribution is -2.49. The first-order chi connectivity index (χ1) is 5.55. The molecular formula is C11H26N2. The van der Waals surface area contributed by atoms with E-state index in [-0.39, 0.29) is 11.1 Å². The molecule has 0 spiro atoms. The standard InChI is InChI=1S/C11H26N2/c1-10(2,3)12(7)9-13(8)11(4,5)6/h9H2,1-8H3. The van der Waals surface area contributed by atoms with Crippen molar-refractivity contribution in [1.82, 2.24) is 9.80 Å². The van der Waals surface area contributed by atoms with Crippen molar-refractivity contribution in [3.8, 4) is 0 Å². The van der Waals surface area contributed by atoms with Gasteiger partial charge in [-0.15, -0.1) is 0 Å². The fourth-order valence-electron chi connectivity index (χ4n) is 0.742. The summed E-state index contributed by atoms with van der Waals surface area (Å²) in [4.78, 5) is 4.72. The Morgan fingerprint density at radius 2 is 0.923 bits per heavy atom. The number of hydrogen-bond donors (Lipinski definition) is 0. The fourth-order valence-corrected chi connectivity index (χ4v) is 0.742. The summed E-state index contributed by atoms with van der Waals surface area (Å²) in [5.41, 5.74) is 0.499. The largest absolute Gasteiger partial charge is 0.289 e. The van der Waals surface area contributed by atoms with E-state index in [0.29, 0.717) is 0 Å². The molecule has 2 nitrogen and oxygen atoms in total. The van der Waals surface area contributed by atoms with E-state index in [0.717, 1.165) is 6.67 Å². The second-order valence-electron chi connectivity index (χ2n) is 5.88. The second kappa shape index (κ2) is 3.97. The van der Waals surface area contributed by atoms with Gasteiger partial charge in [0.2, 0.25) is 0 Å². The molecule has 2 heteroatoms. The number of rotatable bonds is 2. The highest BCUT2D eigenvalue weighted by Crippen LogP contribution is 2.15. The molecule has 0 N–H and O–H groups in total. The van der Waals surface area contributed by atoms with E-state index in [9.17, 15) is 0 Å². The lowest BCUT2D eigenvalue weighted by Gasteiger charge is -2.40. The summed E-state index contributed by atoms with van der Waals surface area (Å²) in [5, 5.41) is 0. The zero-order valence-electron chi connectivity index (χ0n) is 10.6. The van der Waals surface area contributed by atoms with Gasteiger partial charge in [-0.05, 0) is 55.6 Å². The molecule has 0 aliphatic heterocycles. The molecule has 0 aromatic carbocycles. The first-order valence-corrected chi connectivity index (χ1v) is 4.97.